The topological polar surface area (TPSA) is 79.3 Å². The largest absolute Gasteiger partial charge is 0.330 e. The molecule has 1 aliphatic heterocycles. The lowest BCUT2D eigenvalue weighted by Crippen LogP contribution is -2.64. The Hall–Kier alpha value is -0.200. The van der Waals surface area contributed by atoms with E-state index in [4.69, 9.17) is 11.5 Å². The van der Waals surface area contributed by atoms with Gasteiger partial charge in [0.2, 0.25) is 0 Å². The van der Waals surface area contributed by atoms with Gasteiger partial charge in [-0.3, -0.25) is 4.90 Å². The lowest BCUT2D eigenvalue weighted by molar-refractivity contribution is -0.0520. The predicted octanol–water partition coefficient (Wildman–Crippen LogP) is 2.69. The molecule has 0 saturated carbocycles. The van der Waals surface area contributed by atoms with Crippen LogP contribution in [0.5, 0.6) is 0 Å². The van der Waals surface area contributed by atoms with Gasteiger partial charge < -0.3 is 22.1 Å². The van der Waals surface area contributed by atoms with Gasteiger partial charge in [0.25, 0.3) is 0 Å². The van der Waals surface area contributed by atoms with Crippen molar-refractivity contribution in [3.63, 3.8) is 0 Å². The molecular weight excluding hydrogens is 334 g/mol. The Morgan fingerprint density at radius 1 is 0.926 bits per heavy atom. The molecule has 0 spiro atoms. The third-order valence-corrected chi connectivity index (χ3v) is 6.92. The molecule has 0 aromatic rings. The van der Waals surface area contributed by atoms with E-state index in [0.29, 0.717) is 5.92 Å². The van der Waals surface area contributed by atoms with Gasteiger partial charge in [-0.1, -0.05) is 19.8 Å². The first-order valence-corrected chi connectivity index (χ1v) is 11.2. The molecule has 0 aliphatic carbocycles. The zero-order valence-corrected chi connectivity index (χ0v) is 19.2. The van der Waals surface area contributed by atoms with Gasteiger partial charge in [0, 0.05) is 29.7 Å². The molecule has 162 valence electrons. The van der Waals surface area contributed by atoms with Gasteiger partial charge >= 0.3 is 0 Å². The summed E-state index contributed by atoms with van der Waals surface area (Å²) >= 11 is 0. The Morgan fingerprint density at radius 3 is 2.00 bits per heavy atom. The van der Waals surface area contributed by atoms with E-state index in [-0.39, 0.29) is 16.6 Å². The van der Waals surface area contributed by atoms with Crippen LogP contribution >= 0.6 is 0 Å². The van der Waals surface area contributed by atoms with Crippen LogP contribution in [0.2, 0.25) is 0 Å². The van der Waals surface area contributed by atoms with Crippen LogP contribution in [-0.4, -0.2) is 61.3 Å². The highest BCUT2D eigenvalue weighted by Gasteiger charge is 2.48. The van der Waals surface area contributed by atoms with Crippen molar-refractivity contribution in [2.24, 2.45) is 17.4 Å². The number of nitrogens with zero attached hydrogens (tertiary/aromatic N) is 1. The van der Waals surface area contributed by atoms with Crippen LogP contribution in [0, 0.1) is 5.92 Å². The molecule has 5 nitrogen and oxygen atoms in total. The van der Waals surface area contributed by atoms with Gasteiger partial charge in [0.05, 0.1) is 0 Å². The number of hydrogen-bond donors (Lipinski definition) is 4. The summed E-state index contributed by atoms with van der Waals surface area (Å²) in [4.78, 5) is 2.56. The summed E-state index contributed by atoms with van der Waals surface area (Å²) in [6.07, 6.45) is 8.07. The van der Waals surface area contributed by atoms with Gasteiger partial charge in [-0.05, 0) is 92.4 Å². The van der Waals surface area contributed by atoms with Crippen molar-refractivity contribution in [1.82, 2.24) is 15.5 Å². The first-order chi connectivity index (χ1) is 12.6. The highest BCUT2D eigenvalue weighted by atomic mass is 15.2. The van der Waals surface area contributed by atoms with Crippen molar-refractivity contribution in [3.05, 3.63) is 0 Å². The third kappa shape index (κ3) is 7.62. The van der Waals surface area contributed by atoms with Crippen molar-refractivity contribution in [1.29, 1.82) is 0 Å². The number of piperidine rings is 1. The van der Waals surface area contributed by atoms with E-state index in [0.717, 1.165) is 52.0 Å². The zero-order chi connectivity index (χ0) is 20.6. The Balaban J connectivity index is 2.62. The quantitative estimate of drug-likeness (QED) is 0.368. The van der Waals surface area contributed by atoms with Gasteiger partial charge in [-0.2, -0.15) is 0 Å². The maximum absolute atomic E-state index is 7.14. The first-order valence-electron chi connectivity index (χ1n) is 11.2. The molecule has 1 rings (SSSR count). The number of hydrogen-bond acceptors (Lipinski definition) is 5. The fraction of sp³-hybridized carbons (Fsp3) is 1.00. The molecule has 1 fully saturated rings. The van der Waals surface area contributed by atoms with E-state index in [2.05, 4.69) is 57.2 Å². The smallest absolute Gasteiger partial charge is 0.0196 e. The second-order valence-electron chi connectivity index (χ2n) is 10.0. The van der Waals surface area contributed by atoms with Crippen LogP contribution in [0.25, 0.3) is 0 Å². The van der Waals surface area contributed by atoms with Gasteiger partial charge in [0.1, 0.15) is 0 Å². The molecule has 1 saturated heterocycles. The van der Waals surface area contributed by atoms with Crippen LogP contribution in [0.15, 0.2) is 0 Å². The fourth-order valence-electron chi connectivity index (χ4n) is 4.79. The van der Waals surface area contributed by atoms with Crippen molar-refractivity contribution in [2.45, 2.75) is 96.2 Å². The van der Waals surface area contributed by atoms with Crippen molar-refractivity contribution >= 4 is 0 Å². The van der Waals surface area contributed by atoms with Crippen molar-refractivity contribution < 1.29 is 0 Å². The first kappa shape index (κ1) is 24.8. The minimum Gasteiger partial charge on any atom is -0.330 e. The lowest BCUT2D eigenvalue weighted by Gasteiger charge is -2.57. The van der Waals surface area contributed by atoms with Crippen LogP contribution in [0.4, 0.5) is 0 Å². The summed E-state index contributed by atoms with van der Waals surface area (Å²) in [5, 5.41) is 7.03. The monoisotopic (exact) mass is 383 g/mol. The van der Waals surface area contributed by atoms with Crippen molar-refractivity contribution in [2.75, 3.05) is 39.8 Å². The molecule has 1 atom stereocenters. The van der Waals surface area contributed by atoms with E-state index in [1.807, 2.05) is 0 Å². The Bertz CT molecular complexity index is 392. The maximum Gasteiger partial charge on any atom is 0.0196 e. The summed E-state index contributed by atoms with van der Waals surface area (Å²) in [6, 6.07) is 0. The zero-order valence-electron chi connectivity index (χ0n) is 19.2. The highest BCUT2D eigenvalue weighted by molar-refractivity contribution is 5.05. The van der Waals surface area contributed by atoms with Gasteiger partial charge in [0.15, 0.2) is 0 Å². The summed E-state index contributed by atoms with van der Waals surface area (Å²) in [7, 11) is 2.28. The Kier molecular flexibility index (Phi) is 10.2. The molecule has 5 heteroatoms. The number of nitrogens with one attached hydrogen (secondary N) is 2. The minimum absolute atomic E-state index is 0.0637. The van der Waals surface area contributed by atoms with E-state index in [1.165, 1.54) is 25.7 Å². The van der Waals surface area contributed by atoms with E-state index in [9.17, 15) is 0 Å². The molecule has 0 amide bonds. The molecule has 0 radical (unpaired) electrons. The second kappa shape index (κ2) is 11.1. The average Bonchev–Trinajstić information content (AvgIpc) is 2.59. The summed E-state index contributed by atoms with van der Waals surface area (Å²) in [5.41, 5.74) is 13.0. The second-order valence-corrected chi connectivity index (χ2v) is 10.0. The molecular formula is C22H49N5. The molecule has 6 N–H and O–H groups in total. The highest BCUT2D eigenvalue weighted by Crippen LogP contribution is 2.45. The Labute approximate surface area is 169 Å². The van der Waals surface area contributed by atoms with E-state index < -0.39 is 0 Å². The third-order valence-electron chi connectivity index (χ3n) is 6.92. The molecule has 1 heterocycles. The number of rotatable bonds is 13. The molecule has 0 aromatic carbocycles. The van der Waals surface area contributed by atoms with E-state index >= 15 is 0 Å². The maximum atomic E-state index is 7.14. The van der Waals surface area contributed by atoms with Crippen LogP contribution < -0.4 is 22.1 Å². The van der Waals surface area contributed by atoms with Gasteiger partial charge in [-0.25, -0.2) is 0 Å². The summed E-state index contributed by atoms with van der Waals surface area (Å²) in [6.45, 7) is 16.6. The van der Waals surface area contributed by atoms with Crippen molar-refractivity contribution in [3.8, 4) is 0 Å². The van der Waals surface area contributed by atoms with E-state index in [1.54, 1.807) is 0 Å². The standard InChI is InChI=1S/C22H49N5/c1-7-8-10-22(24,11-14-26-16-15-25-13-9-12-23)19-17-20(2,3)27(6)21(4,5)18-19/h19,25-26H,7-18,23-24H2,1-6H3. The number of likely N-dealkylation sites (tertiary alicyclic amines) is 1. The minimum atomic E-state index is -0.0637. The lowest BCUT2D eigenvalue weighted by atomic mass is 9.64. The summed E-state index contributed by atoms with van der Waals surface area (Å²) in [5.74, 6) is 0.578. The normalized spacial score (nSPS) is 22.7. The molecule has 1 aliphatic rings. The van der Waals surface area contributed by atoms with Crippen LogP contribution in [0.1, 0.15) is 79.6 Å². The van der Waals surface area contributed by atoms with Crippen LogP contribution in [0.3, 0.4) is 0 Å². The summed E-state index contributed by atoms with van der Waals surface area (Å²) < 4.78 is 0. The molecule has 0 bridgehead atoms. The van der Waals surface area contributed by atoms with Crippen LogP contribution in [-0.2, 0) is 0 Å². The molecule has 1 unspecified atom stereocenters. The molecule has 27 heavy (non-hydrogen) atoms. The van der Waals surface area contributed by atoms with Gasteiger partial charge in [-0.15, -0.1) is 0 Å². The average molecular weight is 384 g/mol. The Morgan fingerprint density at radius 2 is 1.48 bits per heavy atom. The SMILES string of the molecule is CCCCC(N)(CCNCCNCCCN)C1CC(C)(C)N(C)C(C)(C)C1. The fourth-order valence-corrected chi connectivity index (χ4v) is 4.79. The number of nitrogens with two attached hydrogens (primary N) is 2. The number of unbranched alkanes of at least 4 members (excludes halogenated alkanes) is 1. The molecule has 0 aromatic heterocycles. The predicted molar refractivity (Wildman–Crippen MR) is 119 cm³/mol.